The van der Waals surface area contributed by atoms with Gasteiger partial charge in [0.25, 0.3) is 0 Å². The van der Waals surface area contributed by atoms with E-state index < -0.39 is 6.09 Å². The Morgan fingerprint density at radius 1 is 1.32 bits per heavy atom. The second kappa shape index (κ2) is 6.81. The zero-order chi connectivity index (χ0) is 16.3. The summed E-state index contributed by atoms with van der Waals surface area (Å²) in [7, 11) is 1.62. The average Bonchev–Trinajstić information content (AvgIpc) is 2.89. The fourth-order valence-electron chi connectivity index (χ4n) is 2.62. The molecular formula is C17H23NO4. The van der Waals surface area contributed by atoms with E-state index in [1.807, 2.05) is 45.0 Å². The first-order valence-electron chi connectivity index (χ1n) is 7.56. The zero-order valence-corrected chi connectivity index (χ0v) is 13.5. The van der Waals surface area contributed by atoms with E-state index in [2.05, 4.69) is 0 Å². The standard InChI is InChI=1S/C17H23NO4/c1-11(2)15-10-22-17(20)18(15)16(19)9-12(3)13-5-7-14(21-4)8-6-13/h5-8,11-12,15H,9-10H2,1-4H3/t12?,15-/m1/s1. The number of methoxy groups -OCH3 is 1. The Morgan fingerprint density at radius 3 is 2.50 bits per heavy atom. The van der Waals surface area contributed by atoms with Crippen LogP contribution in [-0.4, -0.2) is 36.7 Å². The van der Waals surface area contributed by atoms with Crippen LogP contribution in [0.5, 0.6) is 5.75 Å². The van der Waals surface area contributed by atoms with Crippen LogP contribution in [0, 0.1) is 5.92 Å². The third-order valence-electron chi connectivity index (χ3n) is 4.11. The highest BCUT2D eigenvalue weighted by Gasteiger charge is 2.39. The van der Waals surface area contributed by atoms with Crippen molar-refractivity contribution in [3.63, 3.8) is 0 Å². The van der Waals surface area contributed by atoms with Crippen molar-refractivity contribution in [2.45, 2.75) is 39.2 Å². The van der Waals surface area contributed by atoms with Gasteiger partial charge in [-0.05, 0) is 29.5 Å². The van der Waals surface area contributed by atoms with Gasteiger partial charge in [0.15, 0.2) is 0 Å². The highest BCUT2D eigenvalue weighted by molar-refractivity contribution is 5.93. The van der Waals surface area contributed by atoms with E-state index in [9.17, 15) is 9.59 Å². The van der Waals surface area contributed by atoms with Gasteiger partial charge in [-0.2, -0.15) is 0 Å². The minimum absolute atomic E-state index is 0.0274. The van der Waals surface area contributed by atoms with Gasteiger partial charge in [-0.1, -0.05) is 32.9 Å². The summed E-state index contributed by atoms with van der Waals surface area (Å²) >= 11 is 0. The molecule has 2 atom stereocenters. The van der Waals surface area contributed by atoms with Crippen LogP contribution in [0.4, 0.5) is 4.79 Å². The quantitative estimate of drug-likeness (QED) is 0.838. The normalized spacial score (nSPS) is 19.2. The molecule has 2 amide bonds. The van der Waals surface area contributed by atoms with Gasteiger partial charge >= 0.3 is 6.09 Å². The summed E-state index contributed by atoms with van der Waals surface area (Å²) in [6, 6.07) is 7.47. The Balaban J connectivity index is 2.05. The molecule has 0 saturated carbocycles. The summed E-state index contributed by atoms with van der Waals surface area (Å²) < 4.78 is 10.2. The van der Waals surface area contributed by atoms with Crippen LogP contribution in [-0.2, 0) is 9.53 Å². The number of nitrogens with zero attached hydrogens (tertiary/aromatic N) is 1. The highest BCUT2D eigenvalue weighted by Crippen LogP contribution is 2.26. The van der Waals surface area contributed by atoms with Crippen LogP contribution in [0.15, 0.2) is 24.3 Å². The van der Waals surface area contributed by atoms with Gasteiger partial charge in [-0.3, -0.25) is 4.79 Å². The van der Waals surface area contributed by atoms with Gasteiger partial charge in [-0.15, -0.1) is 0 Å². The number of ether oxygens (including phenoxy) is 2. The smallest absolute Gasteiger partial charge is 0.416 e. The number of carbonyl (C=O) groups is 2. The zero-order valence-electron chi connectivity index (χ0n) is 13.5. The van der Waals surface area contributed by atoms with Crippen molar-refractivity contribution in [1.29, 1.82) is 0 Å². The van der Waals surface area contributed by atoms with Gasteiger partial charge in [0.1, 0.15) is 12.4 Å². The molecule has 5 nitrogen and oxygen atoms in total. The molecule has 0 spiro atoms. The first-order valence-corrected chi connectivity index (χ1v) is 7.56. The molecule has 0 aliphatic carbocycles. The summed E-state index contributed by atoms with van der Waals surface area (Å²) in [5.74, 6) is 0.820. The molecule has 1 fully saturated rings. The third-order valence-corrected chi connectivity index (χ3v) is 4.11. The van der Waals surface area contributed by atoms with Crippen molar-refractivity contribution in [2.75, 3.05) is 13.7 Å². The number of amides is 2. The SMILES string of the molecule is COc1ccc(C(C)CC(=O)N2C(=O)OC[C@@H]2C(C)C)cc1. The van der Waals surface area contributed by atoms with Crippen LogP contribution >= 0.6 is 0 Å². The van der Waals surface area contributed by atoms with E-state index in [4.69, 9.17) is 9.47 Å². The first kappa shape index (κ1) is 16.3. The van der Waals surface area contributed by atoms with Crippen molar-refractivity contribution in [3.8, 4) is 5.75 Å². The lowest BCUT2D eigenvalue weighted by atomic mass is 9.96. The third kappa shape index (κ3) is 3.40. The molecule has 0 radical (unpaired) electrons. The molecule has 0 bridgehead atoms. The van der Waals surface area contributed by atoms with Crippen LogP contribution in [0.25, 0.3) is 0 Å². The van der Waals surface area contributed by atoms with E-state index >= 15 is 0 Å². The summed E-state index contributed by atoms with van der Waals surface area (Å²) in [5, 5.41) is 0. The van der Waals surface area contributed by atoms with Crippen molar-refractivity contribution in [3.05, 3.63) is 29.8 Å². The van der Waals surface area contributed by atoms with Gasteiger partial charge in [0.2, 0.25) is 5.91 Å². The summed E-state index contributed by atoms with van der Waals surface area (Å²) in [6.07, 6.45) is -0.240. The molecular weight excluding hydrogens is 282 g/mol. The molecule has 1 aliphatic heterocycles. The minimum atomic E-state index is -0.523. The second-order valence-corrected chi connectivity index (χ2v) is 6.03. The number of rotatable bonds is 5. The first-order chi connectivity index (χ1) is 10.4. The van der Waals surface area contributed by atoms with Gasteiger partial charge in [-0.25, -0.2) is 9.69 Å². The Hall–Kier alpha value is -2.04. The number of cyclic esters (lactones) is 1. The lowest BCUT2D eigenvalue weighted by Crippen LogP contribution is -2.42. The molecule has 1 heterocycles. The van der Waals surface area contributed by atoms with Crippen molar-refractivity contribution in [1.82, 2.24) is 4.90 Å². The Kier molecular flexibility index (Phi) is 5.06. The molecule has 22 heavy (non-hydrogen) atoms. The monoisotopic (exact) mass is 305 g/mol. The largest absolute Gasteiger partial charge is 0.497 e. The number of hydrogen-bond acceptors (Lipinski definition) is 4. The maximum absolute atomic E-state index is 12.5. The molecule has 1 saturated heterocycles. The van der Waals surface area contributed by atoms with Gasteiger partial charge in [0, 0.05) is 6.42 Å². The minimum Gasteiger partial charge on any atom is -0.497 e. The van der Waals surface area contributed by atoms with Crippen molar-refractivity contribution < 1.29 is 19.1 Å². The topological polar surface area (TPSA) is 55.8 Å². The number of imide groups is 1. The maximum Gasteiger partial charge on any atom is 0.416 e. The van der Waals surface area contributed by atoms with E-state index in [0.717, 1.165) is 11.3 Å². The van der Waals surface area contributed by atoms with Gasteiger partial charge in [0.05, 0.1) is 13.2 Å². The summed E-state index contributed by atoms with van der Waals surface area (Å²) in [6.45, 7) is 6.24. The summed E-state index contributed by atoms with van der Waals surface area (Å²) in [4.78, 5) is 25.6. The lowest BCUT2D eigenvalue weighted by molar-refractivity contribution is -0.130. The molecule has 1 aromatic carbocycles. The number of hydrogen-bond donors (Lipinski definition) is 0. The molecule has 2 rings (SSSR count). The predicted molar refractivity (Wildman–Crippen MR) is 82.8 cm³/mol. The van der Waals surface area contributed by atoms with Gasteiger partial charge < -0.3 is 9.47 Å². The van der Waals surface area contributed by atoms with Crippen LogP contribution in [0.1, 0.15) is 38.7 Å². The van der Waals surface area contributed by atoms with Crippen molar-refractivity contribution >= 4 is 12.0 Å². The fraction of sp³-hybridized carbons (Fsp3) is 0.529. The summed E-state index contributed by atoms with van der Waals surface area (Å²) in [5.41, 5.74) is 1.04. The fourth-order valence-corrected chi connectivity index (χ4v) is 2.62. The van der Waals surface area contributed by atoms with Crippen LogP contribution in [0.3, 0.4) is 0 Å². The van der Waals surface area contributed by atoms with Crippen LogP contribution in [0.2, 0.25) is 0 Å². The van der Waals surface area contributed by atoms with E-state index in [-0.39, 0.29) is 30.2 Å². The van der Waals surface area contributed by atoms with Crippen molar-refractivity contribution in [2.24, 2.45) is 5.92 Å². The Labute approximate surface area is 131 Å². The molecule has 0 N–H and O–H groups in total. The van der Waals surface area contributed by atoms with Crippen LogP contribution < -0.4 is 4.74 Å². The Bertz CT molecular complexity index is 538. The number of benzene rings is 1. The molecule has 5 heteroatoms. The molecule has 1 aromatic rings. The molecule has 1 unspecified atom stereocenters. The highest BCUT2D eigenvalue weighted by atomic mass is 16.6. The van der Waals surface area contributed by atoms with E-state index in [0.29, 0.717) is 6.61 Å². The molecule has 120 valence electrons. The maximum atomic E-state index is 12.5. The predicted octanol–water partition coefficient (Wildman–Crippen LogP) is 3.19. The lowest BCUT2D eigenvalue weighted by Gasteiger charge is -2.24. The van der Waals surface area contributed by atoms with E-state index in [1.54, 1.807) is 7.11 Å². The number of carbonyl (C=O) groups excluding carboxylic acids is 2. The second-order valence-electron chi connectivity index (χ2n) is 6.03. The Morgan fingerprint density at radius 2 is 1.95 bits per heavy atom. The molecule has 0 aromatic heterocycles. The molecule has 1 aliphatic rings. The average molecular weight is 305 g/mol. The van der Waals surface area contributed by atoms with E-state index in [1.165, 1.54) is 4.90 Å².